The second-order valence-corrected chi connectivity index (χ2v) is 7.73. The van der Waals surface area contributed by atoms with Gasteiger partial charge in [-0.15, -0.1) is 0 Å². The first-order valence-electron chi connectivity index (χ1n) is 8.77. The quantitative estimate of drug-likeness (QED) is 0.397. The number of fused-ring (bicyclic) bond motifs is 1. The van der Waals surface area contributed by atoms with Crippen LogP contribution in [0.4, 0.5) is 0 Å². The summed E-state index contributed by atoms with van der Waals surface area (Å²) in [5.74, 6) is -0.0515. The van der Waals surface area contributed by atoms with Crippen molar-refractivity contribution in [2.75, 3.05) is 0 Å². The molecule has 0 fully saturated rings. The molecular weight excluding hydrogens is 393 g/mol. The minimum Gasteiger partial charge on any atom is -0.506 e. The Bertz CT molecular complexity index is 1270. The Morgan fingerprint density at radius 3 is 2.18 bits per heavy atom. The van der Waals surface area contributed by atoms with Crippen LogP contribution in [0.25, 0.3) is 33.2 Å². The van der Waals surface area contributed by atoms with Crippen molar-refractivity contribution in [1.29, 1.82) is 0 Å². The van der Waals surface area contributed by atoms with E-state index in [4.69, 9.17) is 23.2 Å². The lowest BCUT2D eigenvalue weighted by Gasteiger charge is -2.14. The van der Waals surface area contributed by atoms with Crippen LogP contribution in [0, 0.1) is 13.8 Å². The average molecular weight is 410 g/mol. The van der Waals surface area contributed by atoms with Crippen molar-refractivity contribution in [2.24, 2.45) is 0 Å². The van der Waals surface area contributed by atoms with Gasteiger partial charge in [-0.3, -0.25) is 4.79 Å². The number of aromatic nitrogens is 1. The first-order chi connectivity index (χ1) is 13.3. The molecule has 0 spiro atoms. The molecule has 1 aromatic heterocycles. The number of nitrogens with one attached hydrogen (secondary N) is 1. The minimum absolute atomic E-state index is 0.0515. The predicted molar refractivity (Wildman–Crippen MR) is 117 cm³/mol. The van der Waals surface area contributed by atoms with Gasteiger partial charge in [-0.1, -0.05) is 41.4 Å². The molecule has 0 saturated heterocycles. The number of hydrogen-bond donors (Lipinski definition) is 2. The van der Waals surface area contributed by atoms with Crippen molar-refractivity contribution in [3.63, 3.8) is 0 Å². The molecule has 5 heteroatoms. The van der Waals surface area contributed by atoms with Gasteiger partial charge in [0, 0.05) is 15.4 Å². The first kappa shape index (κ1) is 18.6. The molecule has 0 radical (unpaired) electrons. The monoisotopic (exact) mass is 409 g/mol. The van der Waals surface area contributed by atoms with E-state index in [0.717, 1.165) is 22.3 Å². The fraction of sp³-hybridized carbons (Fsp3) is 0.0870. The standard InChI is InChI=1S/C23H17Cl2NO2/c1-12-9-13(2)19(11-18(12)14-3-5-15(24)6-4-14)21-22(27)17-8-7-16(25)10-20(17)26-23(21)28/h3-11H,1-2H3,(H2,26,27,28). The van der Waals surface area contributed by atoms with Crippen LogP contribution in [0.5, 0.6) is 5.75 Å². The second-order valence-electron chi connectivity index (χ2n) is 6.86. The molecule has 0 aliphatic carbocycles. The summed E-state index contributed by atoms with van der Waals surface area (Å²) in [5.41, 5.74) is 5.03. The van der Waals surface area contributed by atoms with Crippen molar-refractivity contribution in [2.45, 2.75) is 13.8 Å². The van der Waals surface area contributed by atoms with Crippen molar-refractivity contribution in [1.82, 2.24) is 4.98 Å². The number of H-pyrrole nitrogens is 1. The summed E-state index contributed by atoms with van der Waals surface area (Å²) in [6, 6.07) is 16.5. The van der Waals surface area contributed by atoms with Gasteiger partial charge in [-0.05, 0) is 78.1 Å². The molecule has 0 amide bonds. The van der Waals surface area contributed by atoms with Gasteiger partial charge < -0.3 is 10.1 Å². The van der Waals surface area contributed by atoms with E-state index in [0.29, 0.717) is 26.5 Å². The number of rotatable bonds is 2. The predicted octanol–water partition coefficient (Wildman–Crippen LogP) is 6.49. The van der Waals surface area contributed by atoms with E-state index in [1.807, 2.05) is 50.2 Å². The third-order valence-corrected chi connectivity index (χ3v) is 5.43. The van der Waals surface area contributed by atoms with Gasteiger partial charge in [0.1, 0.15) is 5.75 Å². The lowest BCUT2D eigenvalue weighted by atomic mass is 9.91. The fourth-order valence-corrected chi connectivity index (χ4v) is 3.86. The third kappa shape index (κ3) is 3.17. The normalized spacial score (nSPS) is 11.1. The Labute approximate surface area is 172 Å². The Kier molecular flexibility index (Phi) is 4.66. The number of aromatic hydroxyl groups is 1. The summed E-state index contributed by atoms with van der Waals surface area (Å²) in [5, 5.41) is 12.6. The fourth-order valence-electron chi connectivity index (χ4n) is 3.57. The van der Waals surface area contributed by atoms with Crippen molar-refractivity contribution in [3.05, 3.63) is 86.1 Å². The van der Waals surface area contributed by atoms with Crippen molar-refractivity contribution < 1.29 is 5.11 Å². The molecule has 3 nitrogen and oxygen atoms in total. The van der Waals surface area contributed by atoms with Gasteiger partial charge in [0.15, 0.2) is 0 Å². The van der Waals surface area contributed by atoms with Gasteiger partial charge in [0.25, 0.3) is 5.56 Å². The molecule has 4 aromatic rings. The first-order valence-corrected chi connectivity index (χ1v) is 9.53. The zero-order valence-electron chi connectivity index (χ0n) is 15.3. The van der Waals surface area contributed by atoms with Crippen molar-refractivity contribution >= 4 is 34.1 Å². The zero-order valence-corrected chi connectivity index (χ0v) is 16.8. The topological polar surface area (TPSA) is 53.1 Å². The third-order valence-electron chi connectivity index (χ3n) is 4.94. The maximum absolute atomic E-state index is 12.8. The average Bonchev–Trinajstić information content (AvgIpc) is 2.64. The van der Waals surface area contributed by atoms with E-state index < -0.39 is 0 Å². The van der Waals surface area contributed by atoms with Gasteiger partial charge >= 0.3 is 0 Å². The zero-order chi connectivity index (χ0) is 20.0. The lowest BCUT2D eigenvalue weighted by Crippen LogP contribution is -2.10. The Hall–Kier alpha value is -2.75. The summed E-state index contributed by atoms with van der Waals surface area (Å²) in [6.45, 7) is 3.95. The molecule has 3 aromatic carbocycles. The lowest BCUT2D eigenvalue weighted by molar-refractivity contribution is 0.482. The van der Waals surface area contributed by atoms with Crippen LogP contribution >= 0.6 is 23.2 Å². The van der Waals surface area contributed by atoms with E-state index in [2.05, 4.69) is 4.98 Å². The van der Waals surface area contributed by atoms with Crippen LogP contribution < -0.4 is 5.56 Å². The summed E-state index contributed by atoms with van der Waals surface area (Å²) >= 11 is 12.0. The van der Waals surface area contributed by atoms with Crippen LogP contribution in [-0.2, 0) is 0 Å². The number of aromatic amines is 1. The summed E-state index contributed by atoms with van der Waals surface area (Å²) in [7, 11) is 0. The van der Waals surface area contributed by atoms with Gasteiger partial charge in [-0.2, -0.15) is 0 Å². The molecular formula is C23H17Cl2NO2. The molecule has 0 bridgehead atoms. The highest BCUT2D eigenvalue weighted by Crippen LogP contribution is 2.37. The van der Waals surface area contributed by atoms with E-state index in [9.17, 15) is 9.90 Å². The maximum Gasteiger partial charge on any atom is 0.260 e. The van der Waals surface area contributed by atoms with Gasteiger partial charge in [0.2, 0.25) is 0 Å². The van der Waals surface area contributed by atoms with E-state index in [1.165, 1.54) is 0 Å². The van der Waals surface area contributed by atoms with Crippen LogP contribution in [0.3, 0.4) is 0 Å². The molecule has 0 saturated carbocycles. The summed E-state index contributed by atoms with van der Waals surface area (Å²) < 4.78 is 0. The van der Waals surface area contributed by atoms with Crippen LogP contribution in [-0.4, -0.2) is 10.1 Å². The molecule has 0 unspecified atom stereocenters. The number of halogens is 2. The highest BCUT2D eigenvalue weighted by atomic mass is 35.5. The van der Waals surface area contributed by atoms with Gasteiger partial charge in [-0.25, -0.2) is 0 Å². The molecule has 1 heterocycles. The van der Waals surface area contributed by atoms with E-state index >= 15 is 0 Å². The van der Waals surface area contributed by atoms with Crippen LogP contribution in [0.15, 0.2) is 59.4 Å². The second kappa shape index (κ2) is 7.01. The highest BCUT2D eigenvalue weighted by Gasteiger charge is 2.18. The molecule has 4 rings (SSSR count). The Balaban J connectivity index is 1.99. The molecule has 0 atom stereocenters. The summed E-state index contributed by atoms with van der Waals surface area (Å²) in [4.78, 5) is 15.6. The smallest absolute Gasteiger partial charge is 0.260 e. The number of benzene rings is 3. The molecule has 0 aliphatic rings. The maximum atomic E-state index is 12.8. The highest BCUT2D eigenvalue weighted by molar-refractivity contribution is 6.31. The minimum atomic E-state index is -0.360. The molecule has 2 N–H and O–H groups in total. The molecule has 0 aliphatic heterocycles. The molecule has 28 heavy (non-hydrogen) atoms. The largest absolute Gasteiger partial charge is 0.506 e. The number of hydrogen-bond acceptors (Lipinski definition) is 2. The van der Waals surface area contributed by atoms with Crippen molar-refractivity contribution in [3.8, 4) is 28.0 Å². The SMILES string of the molecule is Cc1cc(C)c(-c2c(O)c3ccc(Cl)cc3[nH]c2=O)cc1-c1ccc(Cl)cc1. The number of pyridine rings is 1. The Morgan fingerprint density at radius 1 is 0.821 bits per heavy atom. The van der Waals surface area contributed by atoms with Crippen LogP contribution in [0.1, 0.15) is 11.1 Å². The Morgan fingerprint density at radius 2 is 1.46 bits per heavy atom. The van der Waals surface area contributed by atoms with Gasteiger partial charge in [0.05, 0.1) is 11.1 Å². The number of aryl methyl sites for hydroxylation is 2. The van der Waals surface area contributed by atoms with E-state index in [-0.39, 0.29) is 16.9 Å². The van der Waals surface area contributed by atoms with E-state index in [1.54, 1.807) is 18.2 Å². The summed E-state index contributed by atoms with van der Waals surface area (Å²) in [6.07, 6.45) is 0. The molecule has 140 valence electrons. The van der Waals surface area contributed by atoms with Crippen LogP contribution in [0.2, 0.25) is 10.0 Å².